The van der Waals surface area contributed by atoms with Crippen molar-refractivity contribution in [2.24, 2.45) is 0 Å². The van der Waals surface area contributed by atoms with Gasteiger partial charge in [0, 0.05) is 30.2 Å². The third-order valence-electron chi connectivity index (χ3n) is 4.09. The summed E-state index contributed by atoms with van der Waals surface area (Å²) in [4.78, 5) is 7.25. The number of fused-ring (bicyclic) bond motifs is 1. The fraction of sp³-hybridized carbons (Fsp3) is 0.471. The van der Waals surface area contributed by atoms with E-state index in [1.54, 1.807) is 0 Å². The van der Waals surface area contributed by atoms with Crippen LogP contribution >= 0.6 is 0 Å². The smallest absolute Gasteiger partial charge is 0.0938 e. The fourth-order valence-electron chi connectivity index (χ4n) is 3.14. The van der Waals surface area contributed by atoms with Crippen LogP contribution in [0.3, 0.4) is 0 Å². The molecular weight excluding hydrogens is 246 g/mol. The molecule has 1 aliphatic rings. The van der Waals surface area contributed by atoms with E-state index in [2.05, 4.69) is 54.4 Å². The Labute approximate surface area is 121 Å². The highest BCUT2D eigenvalue weighted by Crippen LogP contribution is 2.27. The number of hydrogen-bond acceptors (Lipinski definition) is 3. The van der Waals surface area contributed by atoms with Crippen molar-refractivity contribution < 1.29 is 0 Å². The van der Waals surface area contributed by atoms with Gasteiger partial charge >= 0.3 is 0 Å². The number of pyridine rings is 1. The van der Waals surface area contributed by atoms with Crippen LogP contribution in [-0.2, 0) is 0 Å². The Morgan fingerprint density at radius 3 is 3.05 bits per heavy atom. The Balaban J connectivity index is 1.94. The van der Waals surface area contributed by atoms with Gasteiger partial charge in [0.15, 0.2) is 0 Å². The first-order chi connectivity index (χ1) is 9.78. The zero-order valence-corrected chi connectivity index (χ0v) is 12.4. The van der Waals surface area contributed by atoms with Gasteiger partial charge < -0.3 is 10.2 Å². The molecule has 0 radical (unpaired) electrons. The van der Waals surface area contributed by atoms with Gasteiger partial charge in [0.05, 0.1) is 11.2 Å². The van der Waals surface area contributed by atoms with Gasteiger partial charge in [-0.05, 0) is 38.4 Å². The van der Waals surface area contributed by atoms with E-state index < -0.39 is 0 Å². The number of nitrogens with zero attached hydrogens (tertiary/aromatic N) is 2. The number of likely N-dealkylation sites (N-methyl/N-ethyl adjacent to an activating group) is 1. The SMILES string of the molecule is CCNC1CCCN(c2cccc3ccc(C)nc23)C1. The van der Waals surface area contributed by atoms with Crippen molar-refractivity contribution >= 4 is 16.6 Å². The molecule has 3 nitrogen and oxygen atoms in total. The van der Waals surface area contributed by atoms with Gasteiger partial charge in [0.1, 0.15) is 0 Å². The Kier molecular flexibility index (Phi) is 3.88. The van der Waals surface area contributed by atoms with Crippen LogP contribution in [0.25, 0.3) is 10.9 Å². The van der Waals surface area contributed by atoms with Crippen LogP contribution in [0.4, 0.5) is 5.69 Å². The van der Waals surface area contributed by atoms with Gasteiger partial charge in [0.25, 0.3) is 0 Å². The van der Waals surface area contributed by atoms with Gasteiger partial charge in [0.2, 0.25) is 0 Å². The molecule has 0 spiro atoms. The lowest BCUT2D eigenvalue weighted by molar-refractivity contribution is 0.432. The second kappa shape index (κ2) is 5.80. The molecule has 0 aliphatic carbocycles. The summed E-state index contributed by atoms with van der Waals surface area (Å²) < 4.78 is 0. The van der Waals surface area contributed by atoms with Gasteiger partial charge in [-0.2, -0.15) is 0 Å². The normalized spacial score (nSPS) is 19.5. The van der Waals surface area contributed by atoms with Crippen LogP contribution in [0.15, 0.2) is 30.3 Å². The molecule has 3 heteroatoms. The van der Waals surface area contributed by atoms with Gasteiger partial charge in [-0.3, -0.25) is 4.98 Å². The summed E-state index contributed by atoms with van der Waals surface area (Å²) in [6.45, 7) is 7.51. The first-order valence-electron chi connectivity index (χ1n) is 7.62. The molecule has 1 fully saturated rings. The van der Waals surface area contributed by atoms with Crippen LogP contribution in [0.5, 0.6) is 0 Å². The number of piperidine rings is 1. The summed E-state index contributed by atoms with van der Waals surface area (Å²) in [5.74, 6) is 0. The van der Waals surface area contributed by atoms with E-state index in [1.165, 1.54) is 23.9 Å². The molecule has 1 atom stereocenters. The minimum Gasteiger partial charge on any atom is -0.368 e. The maximum absolute atomic E-state index is 4.76. The van der Waals surface area contributed by atoms with Crippen LogP contribution in [-0.4, -0.2) is 30.7 Å². The van der Waals surface area contributed by atoms with Gasteiger partial charge in [-0.25, -0.2) is 0 Å². The van der Waals surface area contributed by atoms with Crippen LogP contribution in [0, 0.1) is 6.92 Å². The van der Waals surface area contributed by atoms with E-state index in [0.717, 1.165) is 30.8 Å². The molecule has 1 aliphatic heterocycles. The highest BCUT2D eigenvalue weighted by atomic mass is 15.2. The average Bonchev–Trinajstić information content (AvgIpc) is 2.47. The number of benzene rings is 1. The van der Waals surface area contributed by atoms with Crippen molar-refractivity contribution in [3.05, 3.63) is 36.0 Å². The summed E-state index contributed by atoms with van der Waals surface area (Å²) in [7, 11) is 0. The molecule has 3 rings (SSSR count). The molecule has 0 amide bonds. The van der Waals surface area contributed by atoms with Crippen molar-refractivity contribution in [3.8, 4) is 0 Å². The summed E-state index contributed by atoms with van der Waals surface area (Å²) in [5.41, 5.74) is 3.52. The van der Waals surface area contributed by atoms with Gasteiger partial charge in [-0.15, -0.1) is 0 Å². The Morgan fingerprint density at radius 2 is 2.20 bits per heavy atom. The van der Waals surface area contributed by atoms with Crippen molar-refractivity contribution in [1.29, 1.82) is 0 Å². The Bertz CT molecular complexity index is 592. The number of rotatable bonds is 3. The van der Waals surface area contributed by atoms with Crippen LogP contribution in [0.2, 0.25) is 0 Å². The molecule has 0 bridgehead atoms. The van der Waals surface area contributed by atoms with Crippen LogP contribution in [0.1, 0.15) is 25.5 Å². The Morgan fingerprint density at radius 1 is 1.30 bits per heavy atom. The summed E-state index contributed by atoms with van der Waals surface area (Å²) in [5, 5.41) is 4.82. The molecular formula is C17H23N3. The molecule has 2 heterocycles. The second-order valence-corrected chi connectivity index (χ2v) is 5.64. The lowest BCUT2D eigenvalue weighted by Gasteiger charge is -2.35. The first kappa shape index (κ1) is 13.4. The molecule has 1 aromatic carbocycles. The van der Waals surface area contributed by atoms with Crippen molar-refractivity contribution in [2.75, 3.05) is 24.5 Å². The fourth-order valence-corrected chi connectivity index (χ4v) is 3.14. The maximum Gasteiger partial charge on any atom is 0.0938 e. The van der Waals surface area contributed by atoms with Crippen molar-refractivity contribution in [2.45, 2.75) is 32.7 Å². The van der Waals surface area contributed by atoms with Gasteiger partial charge in [-0.1, -0.05) is 25.1 Å². The van der Waals surface area contributed by atoms with E-state index in [4.69, 9.17) is 4.98 Å². The number of hydrogen-bond donors (Lipinski definition) is 1. The molecule has 0 saturated carbocycles. The molecule has 106 valence electrons. The lowest BCUT2D eigenvalue weighted by atomic mass is 10.0. The number of aromatic nitrogens is 1. The lowest BCUT2D eigenvalue weighted by Crippen LogP contribution is -2.45. The van der Waals surface area contributed by atoms with Crippen molar-refractivity contribution in [1.82, 2.24) is 10.3 Å². The number of anilines is 1. The minimum absolute atomic E-state index is 0.605. The zero-order chi connectivity index (χ0) is 13.9. The van der Waals surface area contributed by atoms with E-state index >= 15 is 0 Å². The minimum atomic E-state index is 0.605. The predicted molar refractivity (Wildman–Crippen MR) is 85.4 cm³/mol. The first-order valence-corrected chi connectivity index (χ1v) is 7.62. The third-order valence-corrected chi connectivity index (χ3v) is 4.09. The highest BCUT2D eigenvalue weighted by Gasteiger charge is 2.20. The maximum atomic E-state index is 4.76. The molecule has 20 heavy (non-hydrogen) atoms. The predicted octanol–water partition coefficient (Wildman–Crippen LogP) is 3.12. The number of para-hydroxylation sites is 1. The molecule has 1 unspecified atom stereocenters. The molecule has 1 saturated heterocycles. The van der Waals surface area contributed by atoms with Crippen LogP contribution < -0.4 is 10.2 Å². The molecule has 1 N–H and O–H groups in total. The van der Waals surface area contributed by atoms with Crippen molar-refractivity contribution in [3.63, 3.8) is 0 Å². The monoisotopic (exact) mass is 269 g/mol. The van der Waals surface area contributed by atoms with E-state index in [9.17, 15) is 0 Å². The zero-order valence-electron chi connectivity index (χ0n) is 12.4. The third kappa shape index (κ3) is 2.63. The Hall–Kier alpha value is -1.61. The average molecular weight is 269 g/mol. The number of aryl methyl sites for hydroxylation is 1. The molecule has 2 aromatic rings. The highest BCUT2D eigenvalue weighted by molar-refractivity contribution is 5.91. The summed E-state index contributed by atoms with van der Waals surface area (Å²) in [6, 6.07) is 11.4. The quantitative estimate of drug-likeness (QED) is 0.928. The topological polar surface area (TPSA) is 28.2 Å². The van der Waals surface area contributed by atoms with E-state index in [1.807, 2.05) is 0 Å². The molecule has 1 aromatic heterocycles. The largest absolute Gasteiger partial charge is 0.368 e. The van der Waals surface area contributed by atoms with E-state index in [0.29, 0.717) is 6.04 Å². The second-order valence-electron chi connectivity index (χ2n) is 5.64. The standard InChI is InChI=1S/C17H23N3/c1-3-18-15-7-5-11-20(12-15)16-8-4-6-14-10-9-13(2)19-17(14)16/h4,6,8-10,15,18H,3,5,7,11-12H2,1-2H3. The summed E-state index contributed by atoms with van der Waals surface area (Å²) in [6.07, 6.45) is 2.53. The van der Waals surface area contributed by atoms with E-state index in [-0.39, 0.29) is 0 Å². The number of nitrogens with one attached hydrogen (secondary N) is 1. The summed E-state index contributed by atoms with van der Waals surface area (Å²) >= 11 is 0.